The Morgan fingerprint density at radius 3 is 2.86 bits per heavy atom. The van der Waals surface area contributed by atoms with E-state index in [0.717, 1.165) is 31.7 Å². The van der Waals surface area contributed by atoms with Crippen molar-refractivity contribution in [2.24, 2.45) is 0 Å². The number of amides is 1. The standard InChI is InChI=1S/C26H29FN4O4/c1-17(35-21-6-2-4-19(27)14-21)22-12-18(26(33)31-7-3-5-20(31)16-32)13-23-25(22)29-24(15-28-23)30-8-10-34-11-9-30/h2,4,6,12-15,17,20,32H,3,5,7-11,16H2,1H3/t17?,20-/m0/s1. The van der Waals surface area contributed by atoms with Crippen LogP contribution in [0.25, 0.3) is 11.0 Å². The van der Waals surface area contributed by atoms with Gasteiger partial charge in [-0.05, 0) is 44.0 Å². The quantitative estimate of drug-likeness (QED) is 0.579. The molecule has 2 atom stereocenters. The van der Waals surface area contributed by atoms with Crippen molar-refractivity contribution in [3.63, 3.8) is 0 Å². The van der Waals surface area contributed by atoms with Gasteiger partial charge < -0.3 is 24.4 Å². The lowest BCUT2D eigenvalue weighted by atomic mass is 10.0. The van der Waals surface area contributed by atoms with Crippen LogP contribution < -0.4 is 9.64 Å². The molecule has 184 valence electrons. The van der Waals surface area contributed by atoms with Crippen LogP contribution in [0.4, 0.5) is 10.2 Å². The molecule has 2 saturated heterocycles. The first-order valence-electron chi connectivity index (χ1n) is 12.0. The molecule has 2 aliphatic heterocycles. The summed E-state index contributed by atoms with van der Waals surface area (Å²) < 4.78 is 25.3. The molecule has 0 spiro atoms. The molecule has 0 bridgehead atoms. The van der Waals surface area contributed by atoms with Crippen molar-refractivity contribution < 1.29 is 23.8 Å². The molecule has 2 fully saturated rings. The highest BCUT2D eigenvalue weighted by atomic mass is 19.1. The molecule has 3 heterocycles. The summed E-state index contributed by atoms with van der Waals surface area (Å²) in [5.74, 6) is 0.585. The van der Waals surface area contributed by atoms with Crippen molar-refractivity contribution in [3.05, 3.63) is 59.5 Å². The highest BCUT2D eigenvalue weighted by Gasteiger charge is 2.30. The smallest absolute Gasteiger partial charge is 0.254 e. The number of aliphatic hydroxyl groups excluding tert-OH is 1. The minimum Gasteiger partial charge on any atom is -0.486 e. The van der Waals surface area contributed by atoms with Crippen molar-refractivity contribution in [2.75, 3.05) is 44.4 Å². The van der Waals surface area contributed by atoms with Crippen LogP contribution >= 0.6 is 0 Å². The summed E-state index contributed by atoms with van der Waals surface area (Å²) in [5, 5.41) is 9.71. The third-order valence-electron chi connectivity index (χ3n) is 6.64. The van der Waals surface area contributed by atoms with Gasteiger partial charge in [-0.25, -0.2) is 9.37 Å². The fourth-order valence-corrected chi connectivity index (χ4v) is 4.78. The molecule has 2 aliphatic rings. The van der Waals surface area contributed by atoms with Gasteiger partial charge in [-0.1, -0.05) is 6.07 Å². The van der Waals surface area contributed by atoms with Gasteiger partial charge in [0.15, 0.2) is 0 Å². The minimum absolute atomic E-state index is 0.0615. The second-order valence-corrected chi connectivity index (χ2v) is 8.96. The van der Waals surface area contributed by atoms with Crippen LogP contribution in [-0.2, 0) is 4.74 Å². The minimum atomic E-state index is -0.520. The number of hydrogen-bond acceptors (Lipinski definition) is 7. The number of morpholine rings is 1. The SMILES string of the molecule is CC(Oc1cccc(F)c1)c1cc(C(=O)N2CCC[C@H]2CO)cc2ncc(N3CCOCC3)nc12. The molecule has 1 amide bonds. The average molecular weight is 481 g/mol. The summed E-state index contributed by atoms with van der Waals surface area (Å²) in [6.45, 7) is 5.09. The van der Waals surface area contributed by atoms with Gasteiger partial charge in [0.25, 0.3) is 5.91 Å². The number of carbonyl (C=O) groups excluding carboxylic acids is 1. The summed E-state index contributed by atoms with van der Waals surface area (Å²) in [6.07, 6.45) is 2.84. The summed E-state index contributed by atoms with van der Waals surface area (Å²) in [6, 6.07) is 9.33. The topological polar surface area (TPSA) is 88.0 Å². The third kappa shape index (κ3) is 4.92. The fourth-order valence-electron chi connectivity index (χ4n) is 4.78. The number of aromatic nitrogens is 2. The highest BCUT2D eigenvalue weighted by Crippen LogP contribution is 2.31. The zero-order valence-electron chi connectivity index (χ0n) is 19.7. The molecular formula is C26H29FN4O4. The Morgan fingerprint density at radius 2 is 2.09 bits per heavy atom. The zero-order valence-corrected chi connectivity index (χ0v) is 19.7. The van der Waals surface area contributed by atoms with Crippen molar-refractivity contribution in [1.82, 2.24) is 14.9 Å². The van der Waals surface area contributed by atoms with Crippen LogP contribution in [0.1, 0.15) is 41.8 Å². The number of benzene rings is 2. The molecule has 35 heavy (non-hydrogen) atoms. The molecule has 3 aromatic rings. The van der Waals surface area contributed by atoms with Gasteiger partial charge in [-0.3, -0.25) is 9.78 Å². The van der Waals surface area contributed by atoms with E-state index in [2.05, 4.69) is 9.88 Å². The molecule has 8 nitrogen and oxygen atoms in total. The molecule has 0 saturated carbocycles. The number of likely N-dealkylation sites (tertiary alicyclic amines) is 1. The lowest BCUT2D eigenvalue weighted by Gasteiger charge is -2.28. The first-order chi connectivity index (χ1) is 17.0. The van der Waals surface area contributed by atoms with Gasteiger partial charge in [-0.15, -0.1) is 0 Å². The molecule has 9 heteroatoms. The molecular weight excluding hydrogens is 451 g/mol. The van der Waals surface area contributed by atoms with Crippen molar-refractivity contribution in [2.45, 2.75) is 31.9 Å². The maximum absolute atomic E-state index is 13.8. The van der Waals surface area contributed by atoms with Crippen molar-refractivity contribution in [1.29, 1.82) is 0 Å². The molecule has 1 N–H and O–H groups in total. The summed E-state index contributed by atoms with van der Waals surface area (Å²) >= 11 is 0. The molecule has 0 radical (unpaired) electrons. The number of ether oxygens (including phenoxy) is 2. The normalized spacial score (nSPS) is 19.2. The van der Waals surface area contributed by atoms with E-state index in [1.165, 1.54) is 12.1 Å². The summed E-state index contributed by atoms with van der Waals surface area (Å²) in [4.78, 5) is 26.8. The molecule has 1 unspecified atom stereocenters. The molecule has 2 aromatic carbocycles. The fraction of sp³-hybridized carbons (Fsp3) is 0.423. The average Bonchev–Trinajstić information content (AvgIpc) is 3.37. The Hall–Kier alpha value is -3.30. The number of hydrogen-bond donors (Lipinski definition) is 1. The van der Waals surface area contributed by atoms with Crippen molar-refractivity contribution >= 4 is 22.8 Å². The summed E-state index contributed by atoms with van der Waals surface area (Å²) in [7, 11) is 0. The number of carbonyl (C=O) groups is 1. The number of aliphatic hydroxyl groups is 1. The van der Waals surface area contributed by atoms with E-state index in [9.17, 15) is 14.3 Å². The Labute approximate surface area is 203 Å². The number of halogens is 1. The predicted octanol–water partition coefficient (Wildman–Crippen LogP) is 3.34. The predicted molar refractivity (Wildman–Crippen MR) is 129 cm³/mol. The van der Waals surface area contributed by atoms with Crippen LogP contribution in [0.15, 0.2) is 42.6 Å². The maximum Gasteiger partial charge on any atom is 0.254 e. The molecule has 0 aliphatic carbocycles. The summed E-state index contributed by atoms with van der Waals surface area (Å²) in [5.41, 5.74) is 2.38. The van der Waals surface area contributed by atoms with Crippen molar-refractivity contribution in [3.8, 4) is 5.75 Å². The Balaban J connectivity index is 1.56. The molecule has 1 aromatic heterocycles. The Kier molecular flexibility index (Phi) is 6.79. The Bertz CT molecular complexity index is 1220. The number of rotatable bonds is 6. The first-order valence-corrected chi connectivity index (χ1v) is 12.0. The number of nitrogens with zero attached hydrogens (tertiary/aromatic N) is 4. The third-order valence-corrected chi connectivity index (χ3v) is 6.64. The zero-order chi connectivity index (χ0) is 24.4. The van der Waals surface area contributed by atoms with Crippen LogP contribution in [0.3, 0.4) is 0 Å². The van der Waals surface area contributed by atoms with Gasteiger partial charge in [0.05, 0.1) is 43.1 Å². The number of fused-ring (bicyclic) bond motifs is 1. The van der Waals surface area contributed by atoms with Crippen LogP contribution in [0.5, 0.6) is 5.75 Å². The van der Waals surface area contributed by atoms with Gasteiger partial charge in [0, 0.05) is 36.8 Å². The van der Waals surface area contributed by atoms with Gasteiger partial charge in [0.1, 0.15) is 23.5 Å². The van der Waals surface area contributed by atoms with Gasteiger partial charge in [-0.2, -0.15) is 0 Å². The second-order valence-electron chi connectivity index (χ2n) is 8.96. The second kappa shape index (κ2) is 10.1. The van der Waals surface area contributed by atoms with E-state index in [1.54, 1.807) is 35.4 Å². The van der Waals surface area contributed by atoms with E-state index in [1.807, 2.05) is 6.92 Å². The van der Waals surface area contributed by atoms with Crippen LogP contribution in [0, 0.1) is 5.82 Å². The van der Waals surface area contributed by atoms with Crippen LogP contribution in [0.2, 0.25) is 0 Å². The lowest BCUT2D eigenvalue weighted by molar-refractivity contribution is 0.0677. The number of anilines is 1. The van der Waals surface area contributed by atoms with Gasteiger partial charge >= 0.3 is 0 Å². The van der Waals surface area contributed by atoms with Gasteiger partial charge in [0.2, 0.25) is 0 Å². The molecule has 5 rings (SSSR count). The van der Waals surface area contributed by atoms with E-state index in [0.29, 0.717) is 47.7 Å². The van der Waals surface area contributed by atoms with E-state index >= 15 is 0 Å². The first kappa shape index (κ1) is 23.4. The largest absolute Gasteiger partial charge is 0.486 e. The highest BCUT2D eigenvalue weighted by molar-refractivity contribution is 5.98. The maximum atomic E-state index is 13.8. The van der Waals surface area contributed by atoms with E-state index < -0.39 is 6.10 Å². The van der Waals surface area contributed by atoms with E-state index in [-0.39, 0.29) is 24.4 Å². The monoisotopic (exact) mass is 480 g/mol. The van der Waals surface area contributed by atoms with E-state index in [4.69, 9.17) is 14.5 Å². The lowest BCUT2D eigenvalue weighted by Crippen LogP contribution is -2.37. The van der Waals surface area contributed by atoms with Crippen LogP contribution in [-0.4, -0.2) is 71.4 Å². The Morgan fingerprint density at radius 1 is 1.26 bits per heavy atom.